The number of para-hydroxylation sites is 1. The lowest BCUT2D eigenvalue weighted by Gasteiger charge is -2.14. The zero-order valence-corrected chi connectivity index (χ0v) is 9.67. The minimum Gasteiger partial charge on any atom is -0.344 e. The normalized spacial score (nSPS) is 17.7. The van der Waals surface area contributed by atoms with Gasteiger partial charge in [-0.1, -0.05) is 39.0 Å². The van der Waals surface area contributed by atoms with E-state index in [2.05, 4.69) is 55.3 Å². The van der Waals surface area contributed by atoms with E-state index in [-0.39, 0.29) is 5.41 Å². The van der Waals surface area contributed by atoms with Gasteiger partial charge in [-0.05, 0) is 17.0 Å². The SMILES string of the molecule is CC(C)(C)CN=C1Cc2ccccc2N1. The molecule has 2 rings (SSSR count). The molecule has 0 saturated carbocycles. The summed E-state index contributed by atoms with van der Waals surface area (Å²) in [6, 6.07) is 8.39. The number of amidine groups is 1. The summed E-state index contributed by atoms with van der Waals surface area (Å²) in [6.07, 6.45) is 0.951. The van der Waals surface area contributed by atoms with E-state index >= 15 is 0 Å². The summed E-state index contributed by atoms with van der Waals surface area (Å²) in [4.78, 5) is 4.61. The molecule has 0 aliphatic carbocycles. The Morgan fingerprint density at radius 1 is 1.27 bits per heavy atom. The van der Waals surface area contributed by atoms with Crippen molar-refractivity contribution in [3.63, 3.8) is 0 Å². The van der Waals surface area contributed by atoms with Crippen molar-refractivity contribution in [3.8, 4) is 0 Å². The summed E-state index contributed by atoms with van der Waals surface area (Å²) in [6.45, 7) is 7.50. The summed E-state index contributed by atoms with van der Waals surface area (Å²) >= 11 is 0. The van der Waals surface area contributed by atoms with Crippen LogP contribution in [0.5, 0.6) is 0 Å². The van der Waals surface area contributed by atoms with Gasteiger partial charge in [0.1, 0.15) is 5.84 Å². The highest BCUT2D eigenvalue weighted by atomic mass is 15.0. The van der Waals surface area contributed by atoms with Crippen molar-refractivity contribution in [1.29, 1.82) is 0 Å². The van der Waals surface area contributed by atoms with E-state index in [9.17, 15) is 0 Å². The second kappa shape index (κ2) is 3.69. The zero-order chi connectivity index (χ0) is 10.9. The van der Waals surface area contributed by atoms with Crippen LogP contribution in [0, 0.1) is 5.41 Å². The van der Waals surface area contributed by atoms with E-state index in [1.165, 1.54) is 11.3 Å². The van der Waals surface area contributed by atoms with Crippen LogP contribution in [0.25, 0.3) is 0 Å². The molecule has 0 saturated heterocycles. The van der Waals surface area contributed by atoms with Crippen LogP contribution in [-0.4, -0.2) is 12.4 Å². The van der Waals surface area contributed by atoms with Crippen LogP contribution in [-0.2, 0) is 6.42 Å². The van der Waals surface area contributed by atoms with Crippen molar-refractivity contribution in [2.24, 2.45) is 10.4 Å². The maximum Gasteiger partial charge on any atom is 0.105 e. The monoisotopic (exact) mass is 202 g/mol. The summed E-state index contributed by atoms with van der Waals surface area (Å²) < 4.78 is 0. The third kappa shape index (κ3) is 2.58. The van der Waals surface area contributed by atoms with Gasteiger partial charge in [-0.2, -0.15) is 0 Å². The number of rotatable bonds is 1. The van der Waals surface area contributed by atoms with Crippen LogP contribution in [0.15, 0.2) is 29.3 Å². The van der Waals surface area contributed by atoms with Gasteiger partial charge in [0.15, 0.2) is 0 Å². The van der Waals surface area contributed by atoms with Gasteiger partial charge >= 0.3 is 0 Å². The van der Waals surface area contributed by atoms with Crippen LogP contribution >= 0.6 is 0 Å². The summed E-state index contributed by atoms with van der Waals surface area (Å²) in [5.41, 5.74) is 2.83. The van der Waals surface area contributed by atoms with Crippen LogP contribution in [0.4, 0.5) is 5.69 Å². The fourth-order valence-electron chi connectivity index (χ4n) is 1.60. The molecule has 0 amide bonds. The third-order valence-electron chi connectivity index (χ3n) is 2.40. The van der Waals surface area contributed by atoms with E-state index in [1.54, 1.807) is 0 Å². The standard InChI is InChI=1S/C13H18N2/c1-13(2,3)9-14-12-8-10-6-4-5-7-11(10)15-12/h4-7H,8-9H2,1-3H3,(H,14,15). The van der Waals surface area contributed by atoms with E-state index in [1.807, 2.05) is 0 Å². The third-order valence-corrected chi connectivity index (χ3v) is 2.40. The largest absolute Gasteiger partial charge is 0.344 e. The molecule has 1 heterocycles. The van der Waals surface area contributed by atoms with E-state index in [4.69, 9.17) is 0 Å². The van der Waals surface area contributed by atoms with Gasteiger partial charge in [-0.25, -0.2) is 0 Å². The lowest BCUT2D eigenvalue weighted by Crippen LogP contribution is -2.14. The minimum atomic E-state index is 0.267. The molecule has 2 nitrogen and oxygen atoms in total. The first-order chi connectivity index (χ1) is 7.04. The molecule has 0 aromatic heterocycles. The van der Waals surface area contributed by atoms with Crippen LogP contribution in [0.1, 0.15) is 26.3 Å². The van der Waals surface area contributed by atoms with Gasteiger partial charge in [0, 0.05) is 18.7 Å². The smallest absolute Gasteiger partial charge is 0.105 e. The Bertz CT molecular complexity index is 359. The topological polar surface area (TPSA) is 24.4 Å². The number of fused-ring (bicyclic) bond motifs is 1. The average Bonchev–Trinajstić information content (AvgIpc) is 2.56. The minimum absolute atomic E-state index is 0.267. The van der Waals surface area contributed by atoms with Crippen LogP contribution in [0.3, 0.4) is 0 Å². The first kappa shape index (κ1) is 10.2. The molecular formula is C13H18N2. The molecule has 2 heteroatoms. The fraction of sp³-hybridized carbons (Fsp3) is 0.462. The Balaban J connectivity index is 2.07. The van der Waals surface area contributed by atoms with E-state index in [0.717, 1.165) is 18.8 Å². The molecule has 0 spiro atoms. The molecule has 0 atom stereocenters. The van der Waals surface area contributed by atoms with Gasteiger partial charge in [0.05, 0.1) is 0 Å². The summed E-state index contributed by atoms with van der Waals surface area (Å²) in [5, 5.41) is 3.36. The Morgan fingerprint density at radius 3 is 2.67 bits per heavy atom. The highest BCUT2D eigenvalue weighted by Crippen LogP contribution is 2.23. The van der Waals surface area contributed by atoms with Crippen LogP contribution < -0.4 is 5.32 Å². The van der Waals surface area contributed by atoms with Crippen molar-refractivity contribution in [2.75, 3.05) is 11.9 Å². The molecule has 1 aliphatic heterocycles. The van der Waals surface area contributed by atoms with Crippen LogP contribution in [0.2, 0.25) is 0 Å². The van der Waals surface area contributed by atoms with Gasteiger partial charge in [-0.3, -0.25) is 4.99 Å². The molecule has 0 unspecified atom stereocenters. The highest BCUT2D eigenvalue weighted by Gasteiger charge is 2.16. The number of aliphatic imine (C=N–C) groups is 1. The van der Waals surface area contributed by atoms with Crippen molar-refractivity contribution >= 4 is 11.5 Å². The molecule has 15 heavy (non-hydrogen) atoms. The molecule has 1 aromatic rings. The lowest BCUT2D eigenvalue weighted by atomic mass is 9.97. The van der Waals surface area contributed by atoms with Crippen molar-refractivity contribution in [1.82, 2.24) is 0 Å². The summed E-state index contributed by atoms with van der Waals surface area (Å²) in [7, 11) is 0. The second-order valence-electron chi connectivity index (χ2n) is 5.28. The van der Waals surface area contributed by atoms with Crippen molar-refractivity contribution in [2.45, 2.75) is 27.2 Å². The molecular weight excluding hydrogens is 184 g/mol. The Kier molecular flexibility index (Phi) is 2.51. The Morgan fingerprint density at radius 2 is 2.00 bits per heavy atom. The zero-order valence-electron chi connectivity index (χ0n) is 9.67. The first-order valence-electron chi connectivity index (χ1n) is 5.43. The predicted molar refractivity (Wildman–Crippen MR) is 65.5 cm³/mol. The Labute approximate surface area is 91.4 Å². The first-order valence-corrected chi connectivity index (χ1v) is 5.43. The molecule has 1 N–H and O–H groups in total. The molecule has 1 aromatic carbocycles. The fourth-order valence-corrected chi connectivity index (χ4v) is 1.60. The van der Waals surface area contributed by atoms with Gasteiger partial charge in [0.2, 0.25) is 0 Å². The number of anilines is 1. The predicted octanol–water partition coefficient (Wildman–Crippen LogP) is 3.10. The van der Waals surface area contributed by atoms with Crippen molar-refractivity contribution < 1.29 is 0 Å². The Hall–Kier alpha value is -1.31. The molecule has 80 valence electrons. The van der Waals surface area contributed by atoms with Crippen molar-refractivity contribution in [3.05, 3.63) is 29.8 Å². The molecule has 1 aliphatic rings. The van der Waals surface area contributed by atoms with Gasteiger partial charge < -0.3 is 5.32 Å². The van der Waals surface area contributed by atoms with E-state index < -0.39 is 0 Å². The highest BCUT2D eigenvalue weighted by molar-refractivity contribution is 6.02. The van der Waals surface area contributed by atoms with Gasteiger partial charge in [-0.15, -0.1) is 0 Å². The molecule has 0 bridgehead atoms. The number of benzene rings is 1. The molecule has 0 radical (unpaired) electrons. The maximum absolute atomic E-state index is 4.61. The lowest BCUT2D eigenvalue weighted by molar-refractivity contribution is 0.429. The summed E-state index contributed by atoms with van der Waals surface area (Å²) in [5.74, 6) is 1.10. The maximum atomic E-state index is 4.61. The number of nitrogens with zero attached hydrogens (tertiary/aromatic N) is 1. The van der Waals surface area contributed by atoms with Gasteiger partial charge in [0.25, 0.3) is 0 Å². The number of hydrogen-bond donors (Lipinski definition) is 1. The quantitative estimate of drug-likeness (QED) is 0.743. The average molecular weight is 202 g/mol. The number of nitrogens with one attached hydrogen (secondary N) is 1. The number of hydrogen-bond acceptors (Lipinski definition) is 1. The van der Waals surface area contributed by atoms with E-state index in [0.29, 0.717) is 0 Å². The molecule has 0 fully saturated rings. The second-order valence-corrected chi connectivity index (χ2v) is 5.28.